The van der Waals surface area contributed by atoms with Crippen LogP contribution in [0.5, 0.6) is 0 Å². The van der Waals surface area contributed by atoms with E-state index in [4.69, 9.17) is 0 Å². The van der Waals surface area contributed by atoms with E-state index in [9.17, 15) is 0 Å². The van der Waals surface area contributed by atoms with Crippen molar-refractivity contribution in [3.63, 3.8) is 0 Å². The van der Waals surface area contributed by atoms with Gasteiger partial charge in [-0.3, -0.25) is 24.5 Å². The minimum absolute atomic E-state index is 0.782. The molecule has 3 heterocycles. The van der Waals surface area contributed by atoms with Crippen molar-refractivity contribution in [2.45, 2.75) is 131 Å². The average Bonchev–Trinajstić information content (AvgIpc) is 3.05. The molecule has 3 aliphatic heterocycles. The first kappa shape index (κ1) is 36.8. The van der Waals surface area contributed by atoms with Gasteiger partial charge in [-0.25, -0.2) is 0 Å². The van der Waals surface area contributed by atoms with Crippen LogP contribution in [0.3, 0.4) is 0 Å². The van der Waals surface area contributed by atoms with E-state index in [1.54, 1.807) is 11.1 Å². The van der Waals surface area contributed by atoms with Crippen LogP contribution in [-0.2, 0) is 19.6 Å². The number of unbranched alkanes of at least 4 members (excludes halogenated alkanes) is 2. The van der Waals surface area contributed by atoms with Crippen LogP contribution in [0.15, 0.2) is 18.2 Å². The second-order valence-electron chi connectivity index (χ2n) is 14.7. The minimum Gasteiger partial charge on any atom is -0.301 e. The first-order valence-electron chi connectivity index (χ1n) is 19.5. The lowest BCUT2D eigenvalue weighted by Crippen LogP contribution is -2.50. The highest BCUT2D eigenvalue weighted by molar-refractivity contribution is 5.30. The van der Waals surface area contributed by atoms with Crippen LogP contribution in [0, 0.1) is 0 Å². The van der Waals surface area contributed by atoms with Gasteiger partial charge in [-0.15, -0.1) is 0 Å². The lowest BCUT2D eigenvalue weighted by Gasteiger charge is -2.40. The van der Waals surface area contributed by atoms with Gasteiger partial charge in [0.2, 0.25) is 0 Å². The van der Waals surface area contributed by atoms with Crippen molar-refractivity contribution in [2.24, 2.45) is 0 Å². The van der Waals surface area contributed by atoms with E-state index in [0.717, 1.165) is 31.7 Å². The maximum Gasteiger partial charge on any atom is 0.0235 e. The second kappa shape index (κ2) is 20.4. The summed E-state index contributed by atoms with van der Waals surface area (Å²) in [4.78, 5) is 16.4. The third kappa shape index (κ3) is 12.2. The van der Waals surface area contributed by atoms with Gasteiger partial charge in [0.15, 0.2) is 0 Å². The highest BCUT2D eigenvalue weighted by Crippen LogP contribution is 2.22. The standard InChI is InChI=1S/C39H72N6/c1-6-11-14-38(10-5)44-25-21-42(22-26-44)33-36-29-35(32-41-19-17-40(16-9-4)18-20-41)30-37(31-36)34-43-23-27-45(28-24-43)39(13-8-3)15-12-7-2/h29-31,38-39H,6-28,32-34H2,1-5H3. The Morgan fingerprint density at radius 2 is 0.844 bits per heavy atom. The van der Waals surface area contributed by atoms with Gasteiger partial charge >= 0.3 is 0 Å². The lowest BCUT2D eigenvalue weighted by molar-refractivity contribution is 0.0824. The summed E-state index contributed by atoms with van der Waals surface area (Å²) in [5.74, 6) is 0. The van der Waals surface area contributed by atoms with E-state index < -0.39 is 0 Å². The molecular weight excluding hydrogens is 552 g/mol. The zero-order chi connectivity index (χ0) is 31.9. The fourth-order valence-corrected chi connectivity index (χ4v) is 8.32. The van der Waals surface area contributed by atoms with E-state index in [0.29, 0.717) is 0 Å². The summed E-state index contributed by atoms with van der Waals surface area (Å²) in [5.41, 5.74) is 4.62. The zero-order valence-electron chi connectivity index (χ0n) is 30.5. The van der Waals surface area contributed by atoms with E-state index in [1.165, 1.54) is 155 Å². The molecule has 0 bridgehead atoms. The topological polar surface area (TPSA) is 19.4 Å². The summed E-state index contributed by atoms with van der Waals surface area (Å²) in [6.45, 7) is 31.0. The molecule has 1 aromatic rings. The fourth-order valence-electron chi connectivity index (χ4n) is 8.32. The molecule has 2 unspecified atom stereocenters. The molecule has 3 fully saturated rings. The molecule has 0 aliphatic carbocycles. The summed E-state index contributed by atoms with van der Waals surface area (Å²) in [5, 5.41) is 0. The second-order valence-corrected chi connectivity index (χ2v) is 14.7. The maximum absolute atomic E-state index is 2.82. The fraction of sp³-hybridized carbons (Fsp3) is 0.846. The molecule has 0 N–H and O–H groups in total. The molecule has 4 rings (SSSR count). The molecular formula is C39H72N6. The molecule has 1 aromatic carbocycles. The normalized spacial score (nSPS) is 21.8. The summed E-state index contributed by atoms with van der Waals surface area (Å²) >= 11 is 0. The van der Waals surface area contributed by atoms with Gasteiger partial charge in [-0.05, 0) is 55.3 Å². The highest BCUT2D eigenvalue weighted by Gasteiger charge is 2.25. The van der Waals surface area contributed by atoms with Crippen LogP contribution in [0.4, 0.5) is 0 Å². The van der Waals surface area contributed by atoms with Gasteiger partial charge in [0.1, 0.15) is 0 Å². The van der Waals surface area contributed by atoms with Crippen LogP contribution < -0.4 is 0 Å². The molecule has 6 nitrogen and oxygen atoms in total. The summed E-state index contributed by atoms with van der Waals surface area (Å²) < 4.78 is 0. The molecule has 2 atom stereocenters. The molecule has 6 heteroatoms. The van der Waals surface area contributed by atoms with Crippen molar-refractivity contribution < 1.29 is 0 Å². The third-order valence-corrected chi connectivity index (χ3v) is 11.1. The average molecular weight is 625 g/mol. The molecule has 0 aromatic heterocycles. The van der Waals surface area contributed by atoms with Crippen molar-refractivity contribution in [2.75, 3.05) is 85.1 Å². The molecule has 0 radical (unpaired) electrons. The van der Waals surface area contributed by atoms with Crippen LogP contribution in [0.25, 0.3) is 0 Å². The van der Waals surface area contributed by atoms with Crippen molar-refractivity contribution in [3.8, 4) is 0 Å². The van der Waals surface area contributed by atoms with E-state index in [1.807, 2.05) is 0 Å². The predicted molar refractivity (Wildman–Crippen MR) is 194 cm³/mol. The predicted octanol–water partition coefficient (Wildman–Crippen LogP) is 6.78. The Morgan fingerprint density at radius 3 is 1.24 bits per heavy atom. The first-order chi connectivity index (χ1) is 22.0. The number of nitrogens with zero attached hydrogens (tertiary/aromatic N) is 6. The molecule has 0 saturated carbocycles. The zero-order valence-corrected chi connectivity index (χ0v) is 30.5. The monoisotopic (exact) mass is 625 g/mol. The molecule has 45 heavy (non-hydrogen) atoms. The number of piperazine rings is 3. The van der Waals surface area contributed by atoms with Gasteiger partial charge in [0.25, 0.3) is 0 Å². The number of hydrogen-bond acceptors (Lipinski definition) is 6. The van der Waals surface area contributed by atoms with Gasteiger partial charge < -0.3 is 4.90 Å². The highest BCUT2D eigenvalue weighted by atomic mass is 15.3. The Hall–Kier alpha value is -1.02. The van der Waals surface area contributed by atoms with Gasteiger partial charge in [-0.1, -0.05) is 84.9 Å². The number of rotatable bonds is 19. The summed E-state index contributed by atoms with van der Waals surface area (Å²) in [6, 6.07) is 9.27. The Kier molecular flexibility index (Phi) is 16.7. The molecule has 0 spiro atoms. The van der Waals surface area contributed by atoms with Crippen LogP contribution in [-0.4, -0.2) is 127 Å². The smallest absolute Gasteiger partial charge is 0.0235 e. The van der Waals surface area contributed by atoms with Gasteiger partial charge in [0.05, 0.1) is 0 Å². The van der Waals surface area contributed by atoms with Crippen molar-refractivity contribution in [1.29, 1.82) is 0 Å². The SMILES string of the molecule is CCCCC(CC)N1CCN(Cc2cc(CN3CCN(CCC)CC3)cc(CN3CCN(C(CCC)CCCC)CC3)c2)CC1. The van der Waals surface area contributed by atoms with Crippen LogP contribution >= 0.6 is 0 Å². The lowest BCUT2D eigenvalue weighted by atomic mass is 10.0. The first-order valence-corrected chi connectivity index (χ1v) is 19.5. The van der Waals surface area contributed by atoms with Gasteiger partial charge in [-0.2, -0.15) is 0 Å². The van der Waals surface area contributed by atoms with E-state index in [2.05, 4.69) is 82.2 Å². The van der Waals surface area contributed by atoms with Crippen molar-refractivity contribution in [3.05, 3.63) is 34.9 Å². The Balaban J connectivity index is 1.38. The van der Waals surface area contributed by atoms with Gasteiger partial charge in [0, 0.05) is 110 Å². The van der Waals surface area contributed by atoms with E-state index in [-0.39, 0.29) is 0 Å². The molecule has 0 amide bonds. The Labute approximate surface area is 279 Å². The summed E-state index contributed by atoms with van der Waals surface area (Å²) in [6.07, 6.45) is 13.4. The Bertz CT molecular complexity index is 914. The van der Waals surface area contributed by atoms with E-state index >= 15 is 0 Å². The summed E-state index contributed by atoms with van der Waals surface area (Å²) in [7, 11) is 0. The number of hydrogen-bond donors (Lipinski definition) is 0. The largest absolute Gasteiger partial charge is 0.301 e. The molecule has 3 aliphatic rings. The third-order valence-electron chi connectivity index (χ3n) is 11.1. The number of benzene rings is 1. The van der Waals surface area contributed by atoms with Crippen molar-refractivity contribution >= 4 is 0 Å². The molecule has 3 saturated heterocycles. The van der Waals surface area contributed by atoms with Crippen LogP contribution in [0.1, 0.15) is 116 Å². The quantitative estimate of drug-likeness (QED) is 0.168. The Morgan fingerprint density at radius 1 is 0.444 bits per heavy atom. The minimum atomic E-state index is 0.782. The maximum atomic E-state index is 2.82. The molecule has 258 valence electrons. The van der Waals surface area contributed by atoms with Crippen molar-refractivity contribution in [1.82, 2.24) is 29.4 Å². The van der Waals surface area contributed by atoms with Crippen LogP contribution in [0.2, 0.25) is 0 Å².